The highest BCUT2D eigenvalue weighted by Gasteiger charge is 2.28. The highest BCUT2D eigenvalue weighted by Crippen LogP contribution is 2.28. The number of hydrogen-bond donors (Lipinski definition) is 12. The Balaban J connectivity index is 1.56. The van der Waals surface area contributed by atoms with E-state index in [2.05, 4.69) is 37.2 Å². The zero-order chi connectivity index (χ0) is 57.3. The van der Waals surface area contributed by atoms with Gasteiger partial charge in [-0.25, -0.2) is 0 Å². The maximum atomic E-state index is 14.2. The monoisotopic (exact) mass is 1080 g/mol. The summed E-state index contributed by atoms with van der Waals surface area (Å²) in [6, 6.07) is 13.3. The van der Waals surface area contributed by atoms with Gasteiger partial charge in [-0.1, -0.05) is 12.8 Å². The number of rotatable bonds is 32. The molecule has 422 valence electrons. The molecular weight excluding hydrogens is 1010 g/mol. The van der Waals surface area contributed by atoms with E-state index in [1.807, 2.05) is 0 Å². The lowest BCUT2D eigenvalue weighted by Crippen LogP contribution is -2.44. The third kappa shape index (κ3) is 18.5. The minimum atomic E-state index is -1.16. The predicted octanol–water partition coefficient (Wildman–Crippen LogP) is 3.09. The molecule has 4 aromatic carbocycles. The number of methoxy groups -OCH3 is 4. The van der Waals surface area contributed by atoms with E-state index < -0.39 is 71.4 Å². The van der Waals surface area contributed by atoms with Crippen molar-refractivity contribution in [3.8, 4) is 23.0 Å². The molecule has 4 aromatic rings. The number of ether oxygens (including phenoxy) is 4. The summed E-state index contributed by atoms with van der Waals surface area (Å²) >= 11 is 0. The Morgan fingerprint density at radius 1 is 0.410 bits per heavy atom. The van der Waals surface area contributed by atoms with Crippen molar-refractivity contribution in [1.82, 2.24) is 16.0 Å². The molecule has 24 heteroatoms. The van der Waals surface area contributed by atoms with Gasteiger partial charge < -0.3 is 84.8 Å². The lowest BCUT2D eigenvalue weighted by molar-refractivity contribution is -0.118. The van der Waals surface area contributed by atoms with Crippen LogP contribution >= 0.6 is 0 Å². The first-order valence-electron chi connectivity index (χ1n) is 25.5. The van der Waals surface area contributed by atoms with Gasteiger partial charge in [0.1, 0.15) is 41.1 Å². The Morgan fingerprint density at radius 3 is 0.962 bits per heavy atom. The molecule has 0 spiro atoms. The highest BCUT2D eigenvalue weighted by molar-refractivity contribution is 6.07. The van der Waals surface area contributed by atoms with Gasteiger partial charge in [-0.15, -0.1) is 0 Å². The number of anilines is 4. The molecule has 0 unspecified atom stereocenters. The molecule has 0 aliphatic carbocycles. The first-order valence-corrected chi connectivity index (χ1v) is 25.5. The van der Waals surface area contributed by atoms with E-state index in [1.54, 1.807) is 6.07 Å². The summed E-state index contributed by atoms with van der Waals surface area (Å²) in [4.78, 5) is 108. The summed E-state index contributed by atoms with van der Waals surface area (Å²) in [5.74, 6) is -4.61. The smallest absolute Gasteiger partial charge is 0.255 e. The average Bonchev–Trinajstić information content (AvgIpc) is 3.43. The van der Waals surface area contributed by atoms with Crippen LogP contribution in [0.2, 0.25) is 0 Å². The molecule has 0 aromatic heterocycles. The number of benzene rings is 4. The van der Waals surface area contributed by atoms with Crippen LogP contribution < -0.4 is 84.8 Å². The Labute approximate surface area is 453 Å². The second-order valence-corrected chi connectivity index (χ2v) is 18.1. The second kappa shape index (κ2) is 31.7. The van der Waals surface area contributed by atoms with E-state index in [0.717, 1.165) is 0 Å². The van der Waals surface area contributed by atoms with Crippen LogP contribution in [0.15, 0.2) is 72.8 Å². The SMILES string of the molecule is COc1ccc(NC(=O)[C@H](CCCCCN)NC(=O)c2cc(NC(=O)[C@H](CCCCN)NC(=O)c3cc(NC(=O)[C@H](CCCCN)NC(=O)c4cc(NC(=O)[C@H](C)N)ccc4OC)ccc3OC)ccc2OC)cc1C(N)=O. The Kier molecular flexibility index (Phi) is 25.3. The van der Waals surface area contributed by atoms with Crippen molar-refractivity contribution in [3.63, 3.8) is 0 Å². The molecule has 0 heterocycles. The molecule has 0 aliphatic heterocycles. The first-order chi connectivity index (χ1) is 37.4. The quantitative estimate of drug-likeness (QED) is 0.0313. The maximum absolute atomic E-state index is 14.2. The van der Waals surface area contributed by atoms with Crippen LogP contribution in [0.4, 0.5) is 22.7 Å². The van der Waals surface area contributed by atoms with E-state index >= 15 is 0 Å². The van der Waals surface area contributed by atoms with Gasteiger partial charge in [0.05, 0.1) is 56.7 Å². The Hall–Kier alpha value is -8.32. The van der Waals surface area contributed by atoms with Gasteiger partial charge in [0.25, 0.3) is 23.6 Å². The van der Waals surface area contributed by atoms with E-state index in [4.69, 9.17) is 47.6 Å². The van der Waals surface area contributed by atoms with Crippen LogP contribution in [0.3, 0.4) is 0 Å². The summed E-state index contributed by atoms with van der Waals surface area (Å²) in [6.07, 6.45) is 4.42. The van der Waals surface area contributed by atoms with Crippen molar-refractivity contribution < 1.29 is 57.3 Å². The summed E-state index contributed by atoms with van der Waals surface area (Å²) in [5, 5.41) is 19.2. The van der Waals surface area contributed by atoms with Crippen molar-refractivity contribution >= 4 is 70.0 Å². The number of nitrogens with two attached hydrogens (primary N) is 5. The second-order valence-electron chi connectivity index (χ2n) is 18.1. The molecular formula is C54H74N12O12. The minimum absolute atomic E-state index is 0.0269. The fraction of sp³-hybridized carbons (Fsp3) is 0.407. The molecule has 24 nitrogen and oxygen atoms in total. The lowest BCUT2D eigenvalue weighted by atomic mass is 10.0. The van der Waals surface area contributed by atoms with Crippen LogP contribution in [0.25, 0.3) is 0 Å². The van der Waals surface area contributed by atoms with Gasteiger partial charge in [0.15, 0.2) is 0 Å². The van der Waals surface area contributed by atoms with Gasteiger partial charge in [0.2, 0.25) is 23.6 Å². The Morgan fingerprint density at radius 2 is 0.679 bits per heavy atom. The largest absolute Gasteiger partial charge is 0.496 e. The number of carbonyl (C=O) groups is 8. The molecule has 4 atom stereocenters. The summed E-state index contributed by atoms with van der Waals surface area (Å²) in [5.41, 5.74) is 29.3. The van der Waals surface area contributed by atoms with E-state index in [1.165, 1.54) is 102 Å². The number of nitrogens with one attached hydrogen (secondary N) is 7. The fourth-order valence-electron chi connectivity index (χ4n) is 7.98. The van der Waals surface area contributed by atoms with Gasteiger partial charge in [-0.05, 0) is 151 Å². The van der Waals surface area contributed by atoms with Crippen molar-refractivity contribution in [2.75, 3.05) is 69.3 Å². The standard InChI is InChI=1S/C54H74N12O12/c1-31(58)48(68)60-33-17-21-44(76-3)37(28-33)49(69)65-41(14-8-11-25-56)53(73)63-35-19-23-46(78-5)39(30-35)51(71)66-42(15-9-12-26-57)54(74)62-34-18-22-45(77-4)38(29-34)50(70)64-40(13-7-6-10-24-55)52(72)61-32-16-20-43(75-2)36(27-32)47(59)67/h16-23,27-31,40-42H,6-15,24-26,55-58H2,1-5H3,(H2,59,67)(H,60,68)(H,61,72)(H,62,74)(H,63,73)(H,64,70)(H,65,69)(H,66,71)/t31-,40-,41-,42-/m0/s1. The van der Waals surface area contributed by atoms with Crippen molar-refractivity contribution in [2.24, 2.45) is 28.7 Å². The molecule has 0 aliphatic rings. The van der Waals surface area contributed by atoms with Crippen molar-refractivity contribution in [3.05, 3.63) is 95.1 Å². The third-order valence-corrected chi connectivity index (χ3v) is 12.2. The van der Waals surface area contributed by atoms with Gasteiger partial charge >= 0.3 is 0 Å². The van der Waals surface area contributed by atoms with Gasteiger partial charge in [-0.2, -0.15) is 0 Å². The van der Waals surface area contributed by atoms with Gasteiger partial charge in [0, 0.05) is 22.7 Å². The summed E-state index contributed by atoms with van der Waals surface area (Å²) in [7, 11) is 5.45. The third-order valence-electron chi connectivity index (χ3n) is 12.2. The molecule has 0 saturated heterocycles. The average molecular weight is 1080 g/mol. The summed E-state index contributed by atoms with van der Waals surface area (Å²) in [6.45, 7) is 2.61. The summed E-state index contributed by atoms with van der Waals surface area (Å²) < 4.78 is 21.7. The number of carbonyl (C=O) groups excluding carboxylic acids is 8. The number of unbranched alkanes of at least 4 members (excludes halogenated alkanes) is 4. The van der Waals surface area contributed by atoms with Crippen LogP contribution in [0, 0.1) is 0 Å². The van der Waals surface area contributed by atoms with Crippen LogP contribution in [0.1, 0.15) is 113 Å². The molecule has 78 heavy (non-hydrogen) atoms. The highest BCUT2D eigenvalue weighted by atomic mass is 16.5. The van der Waals surface area contributed by atoms with Crippen molar-refractivity contribution in [1.29, 1.82) is 0 Å². The molecule has 17 N–H and O–H groups in total. The zero-order valence-electron chi connectivity index (χ0n) is 44.7. The number of hydrogen-bond acceptors (Lipinski definition) is 16. The predicted molar refractivity (Wildman–Crippen MR) is 296 cm³/mol. The first kappa shape index (κ1) is 62.2. The van der Waals surface area contributed by atoms with E-state index in [9.17, 15) is 38.4 Å². The van der Waals surface area contributed by atoms with Crippen LogP contribution in [-0.2, 0) is 19.2 Å². The molecule has 8 amide bonds. The normalized spacial score (nSPS) is 12.3. The number of amides is 8. The Bertz CT molecular complexity index is 2740. The van der Waals surface area contributed by atoms with Crippen LogP contribution in [-0.4, -0.2) is 119 Å². The number of primary amides is 1. The molecule has 0 radical (unpaired) electrons. The van der Waals surface area contributed by atoms with Crippen molar-refractivity contribution in [2.45, 2.75) is 95.3 Å². The molecule has 0 fully saturated rings. The lowest BCUT2D eigenvalue weighted by Gasteiger charge is -2.22. The minimum Gasteiger partial charge on any atom is -0.496 e. The molecule has 4 rings (SSSR count). The van der Waals surface area contributed by atoms with Gasteiger partial charge in [-0.3, -0.25) is 38.4 Å². The topological polar surface area (TPSA) is 388 Å². The maximum Gasteiger partial charge on any atom is 0.255 e. The molecule has 0 bridgehead atoms. The molecule has 0 saturated carbocycles. The van der Waals surface area contributed by atoms with Crippen LogP contribution in [0.5, 0.6) is 23.0 Å². The van der Waals surface area contributed by atoms with E-state index in [0.29, 0.717) is 64.6 Å². The fourth-order valence-corrected chi connectivity index (χ4v) is 7.98. The van der Waals surface area contributed by atoms with E-state index in [-0.39, 0.29) is 87.3 Å². The zero-order valence-corrected chi connectivity index (χ0v) is 44.7.